The van der Waals surface area contributed by atoms with Crippen molar-refractivity contribution in [3.05, 3.63) is 78.2 Å². The van der Waals surface area contributed by atoms with Crippen LogP contribution in [-0.2, 0) is 31.3 Å². The molecule has 40 heavy (non-hydrogen) atoms. The number of carbonyl (C=O) groups excluding carboxylic acids is 3. The number of benzene rings is 2. The maximum Gasteiger partial charge on any atom is 0.252 e. The molecule has 0 aliphatic carbocycles. The number of nitrogens with one attached hydrogen (secondary N) is 2. The van der Waals surface area contributed by atoms with Crippen molar-refractivity contribution in [2.45, 2.75) is 44.5 Å². The van der Waals surface area contributed by atoms with Crippen molar-refractivity contribution in [2.75, 3.05) is 33.1 Å². The number of nitrogens with two attached hydrogens (primary N) is 1. The molecule has 2 aromatic carbocycles. The summed E-state index contributed by atoms with van der Waals surface area (Å²) in [6.45, 7) is 5.03. The third-order valence-electron chi connectivity index (χ3n) is 6.43. The third kappa shape index (κ3) is 7.25. The molecule has 0 bridgehead atoms. The molecule has 3 aromatic rings. The van der Waals surface area contributed by atoms with E-state index in [-0.39, 0.29) is 24.9 Å². The summed E-state index contributed by atoms with van der Waals surface area (Å²) in [5.74, 6) is -0.389. The molecule has 0 fully saturated rings. The first kappa shape index (κ1) is 30.3. The van der Waals surface area contributed by atoms with Crippen molar-refractivity contribution in [3.8, 4) is 5.75 Å². The lowest BCUT2D eigenvalue weighted by Gasteiger charge is -2.33. The number of hydrogen-bond donors (Lipinski definition) is 3. The molecule has 1 heterocycles. The Bertz CT molecular complexity index is 1300. The van der Waals surface area contributed by atoms with Crippen LogP contribution in [0.25, 0.3) is 0 Å². The lowest BCUT2D eigenvalue weighted by atomic mass is 9.90. The number of imidazole rings is 1. The van der Waals surface area contributed by atoms with Gasteiger partial charge in [0.2, 0.25) is 5.91 Å². The number of likely N-dealkylation sites (N-methyl/N-ethyl adjacent to an activating group) is 1. The van der Waals surface area contributed by atoms with Crippen molar-refractivity contribution < 1.29 is 23.9 Å². The van der Waals surface area contributed by atoms with Gasteiger partial charge in [0, 0.05) is 20.3 Å². The van der Waals surface area contributed by atoms with E-state index >= 15 is 0 Å². The van der Waals surface area contributed by atoms with Gasteiger partial charge in [0.25, 0.3) is 11.8 Å². The van der Waals surface area contributed by atoms with E-state index in [0.29, 0.717) is 11.3 Å². The molecule has 214 valence electrons. The predicted molar refractivity (Wildman–Crippen MR) is 152 cm³/mol. The number of nitrogens with zero attached hydrogens (tertiary/aromatic N) is 3. The van der Waals surface area contributed by atoms with Gasteiger partial charge in [-0.3, -0.25) is 14.4 Å². The number of anilines is 1. The molecule has 0 saturated carbocycles. The number of amides is 3. The molecular weight excluding hydrogens is 512 g/mol. The highest BCUT2D eigenvalue weighted by Gasteiger charge is 2.39. The maximum absolute atomic E-state index is 13.4. The van der Waals surface area contributed by atoms with E-state index in [1.54, 1.807) is 64.9 Å². The van der Waals surface area contributed by atoms with Crippen molar-refractivity contribution in [3.63, 3.8) is 0 Å². The van der Waals surface area contributed by atoms with Gasteiger partial charge in [-0.05, 0) is 44.0 Å². The molecule has 0 spiro atoms. The van der Waals surface area contributed by atoms with Crippen LogP contribution in [0.4, 0.5) is 5.82 Å². The first-order valence-electron chi connectivity index (χ1n) is 12.8. The maximum atomic E-state index is 13.4. The van der Waals surface area contributed by atoms with E-state index in [1.165, 1.54) is 11.2 Å². The first-order chi connectivity index (χ1) is 18.9. The highest BCUT2D eigenvalue weighted by Crippen LogP contribution is 2.30. The highest BCUT2D eigenvalue weighted by molar-refractivity contribution is 5.98. The SMILES string of the molecule is COc1ccc(C(C)(C(=O)N(C)C)n2cnc(NC(=O)[C@@H](COCc3ccccc3)NC(=O)C(C)(C)N)c2)cc1. The fourth-order valence-corrected chi connectivity index (χ4v) is 3.98. The van der Waals surface area contributed by atoms with Crippen molar-refractivity contribution in [1.29, 1.82) is 0 Å². The number of methoxy groups -OCH3 is 1. The second kappa shape index (κ2) is 12.8. The van der Waals surface area contributed by atoms with Crippen LogP contribution >= 0.6 is 0 Å². The van der Waals surface area contributed by atoms with Gasteiger partial charge >= 0.3 is 0 Å². The number of hydrogen-bond acceptors (Lipinski definition) is 7. The standard InChI is InChI=1S/C29H38N6O5/c1-28(2,30)26(37)32-23(18-40-17-20-10-8-7-9-11-20)25(36)33-24-16-35(19-31-24)29(3,27(38)34(4)5)21-12-14-22(39-6)15-13-21/h7-16,19,23H,17-18,30H2,1-6H3,(H,32,37)(H,33,36)/t23-,29?/m1/s1. The molecule has 11 nitrogen and oxygen atoms in total. The number of carbonyl (C=O) groups is 3. The highest BCUT2D eigenvalue weighted by atomic mass is 16.5. The molecule has 0 aliphatic rings. The lowest BCUT2D eigenvalue weighted by Crippen LogP contribution is -2.56. The fraction of sp³-hybridized carbons (Fsp3) is 0.379. The Hall–Kier alpha value is -4.22. The number of ether oxygens (including phenoxy) is 2. The van der Waals surface area contributed by atoms with E-state index in [4.69, 9.17) is 15.2 Å². The third-order valence-corrected chi connectivity index (χ3v) is 6.43. The zero-order chi connectivity index (χ0) is 29.5. The summed E-state index contributed by atoms with van der Waals surface area (Å²) in [6, 6.07) is 15.6. The topological polar surface area (TPSA) is 141 Å². The summed E-state index contributed by atoms with van der Waals surface area (Å²) in [7, 11) is 4.91. The summed E-state index contributed by atoms with van der Waals surface area (Å²) >= 11 is 0. The Kier molecular flexibility index (Phi) is 9.67. The average Bonchev–Trinajstić information content (AvgIpc) is 3.40. The average molecular weight is 551 g/mol. The van der Waals surface area contributed by atoms with Gasteiger partial charge in [0.05, 0.1) is 32.2 Å². The Morgan fingerprint density at radius 1 is 1.05 bits per heavy atom. The van der Waals surface area contributed by atoms with E-state index in [9.17, 15) is 14.4 Å². The molecule has 4 N–H and O–H groups in total. The first-order valence-corrected chi connectivity index (χ1v) is 12.8. The minimum Gasteiger partial charge on any atom is -0.497 e. The van der Waals surface area contributed by atoms with Gasteiger partial charge in [-0.2, -0.15) is 0 Å². The summed E-state index contributed by atoms with van der Waals surface area (Å²) in [6.07, 6.45) is 3.05. The Labute approximate surface area is 234 Å². The smallest absolute Gasteiger partial charge is 0.252 e. The van der Waals surface area contributed by atoms with E-state index < -0.39 is 28.9 Å². The van der Waals surface area contributed by atoms with Crippen LogP contribution in [-0.4, -0.2) is 71.6 Å². The quantitative estimate of drug-likeness (QED) is 0.314. The summed E-state index contributed by atoms with van der Waals surface area (Å²) < 4.78 is 12.6. The van der Waals surface area contributed by atoms with Gasteiger partial charge in [-0.25, -0.2) is 4.98 Å². The van der Waals surface area contributed by atoms with E-state index in [0.717, 1.165) is 5.56 Å². The summed E-state index contributed by atoms with van der Waals surface area (Å²) in [4.78, 5) is 45.1. The van der Waals surface area contributed by atoms with Crippen LogP contribution in [0.2, 0.25) is 0 Å². The van der Waals surface area contributed by atoms with Gasteiger partial charge in [-0.15, -0.1) is 0 Å². The minimum absolute atomic E-state index is 0.0913. The molecule has 3 amide bonds. The van der Waals surface area contributed by atoms with Gasteiger partial charge in [0.15, 0.2) is 5.82 Å². The molecule has 1 unspecified atom stereocenters. The van der Waals surface area contributed by atoms with Crippen molar-refractivity contribution in [2.24, 2.45) is 5.73 Å². The molecule has 2 atom stereocenters. The van der Waals surface area contributed by atoms with Crippen LogP contribution in [0.3, 0.4) is 0 Å². The largest absolute Gasteiger partial charge is 0.497 e. The van der Waals surface area contributed by atoms with Crippen LogP contribution in [0.15, 0.2) is 67.1 Å². The summed E-state index contributed by atoms with van der Waals surface area (Å²) in [5.41, 5.74) is 5.19. The summed E-state index contributed by atoms with van der Waals surface area (Å²) in [5, 5.41) is 5.39. The number of rotatable bonds is 12. The number of aromatic nitrogens is 2. The van der Waals surface area contributed by atoms with Crippen LogP contribution in [0, 0.1) is 0 Å². The molecule has 11 heteroatoms. The van der Waals surface area contributed by atoms with Crippen molar-refractivity contribution >= 4 is 23.5 Å². The molecule has 0 radical (unpaired) electrons. The lowest BCUT2D eigenvalue weighted by molar-refractivity contribution is -0.135. The van der Waals surface area contributed by atoms with Gasteiger partial charge < -0.3 is 35.3 Å². The van der Waals surface area contributed by atoms with E-state index in [2.05, 4.69) is 15.6 Å². The minimum atomic E-state index is -1.20. The van der Waals surface area contributed by atoms with Crippen LogP contribution < -0.4 is 21.1 Å². The molecular formula is C29H38N6O5. The molecule has 1 aromatic heterocycles. The molecule has 0 aliphatic heterocycles. The Morgan fingerprint density at radius 2 is 1.70 bits per heavy atom. The molecule has 0 saturated heterocycles. The van der Waals surface area contributed by atoms with Crippen LogP contribution in [0.5, 0.6) is 5.75 Å². The zero-order valence-electron chi connectivity index (χ0n) is 23.8. The monoisotopic (exact) mass is 550 g/mol. The Morgan fingerprint density at radius 3 is 2.27 bits per heavy atom. The fourth-order valence-electron chi connectivity index (χ4n) is 3.98. The van der Waals surface area contributed by atoms with Crippen LogP contribution in [0.1, 0.15) is 31.9 Å². The Balaban J connectivity index is 1.82. The van der Waals surface area contributed by atoms with Crippen molar-refractivity contribution in [1.82, 2.24) is 19.8 Å². The van der Waals surface area contributed by atoms with Gasteiger partial charge in [0.1, 0.15) is 17.3 Å². The van der Waals surface area contributed by atoms with Gasteiger partial charge in [-0.1, -0.05) is 42.5 Å². The second-order valence-electron chi connectivity index (χ2n) is 10.4. The molecule has 3 rings (SSSR count). The zero-order valence-corrected chi connectivity index (χ0v) is 23.8. The second-order valence-corrected chi connectivity index (χ2v) is 10.4. The van der Waals surface area contributed by atoms with E-state index in [1.807, 2.05) is 42.5 Å². The normalized spacial score (nSPS) is 13.6. The predicted octanol–water partition coefficient (Wildman–Crippen LogP) is 2.12.